The predicted octanol–water partition coefficient (Wildman–Crippen LogP) is 1.52. The van der Waals surface area contributed by atoms with Crippen LogP contribution in [0, 0.1) is 6.92 Å². The van der Waals surface area contributed by atoms with Crippen molar-refractivity contribution in [3.8, 4) is 0 Å². The molecule has 0 radical (unpaired) electrons. The van der Waals surface area contributed by atoms with E-state index in [1.165, 1.54) is 5.56 Å². The van der Waals surface area contributed by atoms with Crippen LogP contribution in [0.2, 0.25) is 0 Å². The Bertz CT molecular complexity index is 344. The molecule has 15 heavy (non-hydrogen) atoms. The van der Waals surface area contributed by atoms with Crippen molar-refractivity contribution in [2.75, 3.05) is 18.5 Å². The minimum absolute atomic E-state index is 0.186. The fraction of sp³-hybridized carbons (Fsp3) is 0.364. The lowest BCUT2D eigenvalue weighted by Gasteiger charge is -2.06. The van der Waals surface area contributed by atoms with E-state index in [9.17, 15) is 4.79 Å². The lowest BCUT2D eigenvalue weighted by Crippen LogP contribution is -2.31. The Morgan fingerprint density at radius 2 is 2.13 bits per heavy atom. The lowest BCUT2D eigenvalue weighted by molar-refractivity contribution is 0.250. The van der Waals surface area contributed by atoms with Gasteiger partial charge in [0.25, 0.3) is 0 Å². The summed E-state index contributed by atoms with van der Waals surface area (Å²) in [6.45, 7) is 3.34. The second kappa shape index (κ2) is 4.31. The average Bonchev–Trinajstić information content (AvgIpc) is 3.02. The number of hydrogen-bond donors (Lipinski definition) is 2. The Morgan fingerprint density at radius 3 is 2.73 bits per heavy atom. The Hall–Kier alpha value is -1.55. The van der Waals surface area contributed by atoms with Crippen molar-refractivity contribution in [2.24, 2.45) is 0 Å². The van der Waals surface area contributed by atoms with E-state index in [4.69, 9.17) is 4.74 Å². The molecule has 0 aromatic heterocycles. The first-order valence-electron chi connectivity index (χ1n) is 4.97. The van der Waals surface area contributed by atoms with Gasteiger partial charge in [0.05, 0.1) is 12.7 Å². The Kier molecular flexibility index (Phi) is 2.87. The maximum atomic E-state index is 11.4. The second-order valence-electron chi connectivity index (χ2n) is 3.66. The minimum Gasteiger partial charge on any atom is -0.371 e. The highest BCUT2D eigenvalue weighted by atomic mass is 16.6. The van der Waals surface area contributed by atoms with Crippen LogP contribution >= 0.6 is 0 Å². The lowest BCUT2D eigenvalue weighted by atomic mass is 10.2. The molecule has 1 unspecified atom stereocenters. The maximum Gasteiger partial charge on any atom is 0.319 e. The van der Waals surface area contributed by atoms with E-state index in [0.717, 1.165) is 12.3 Å². The van der Waals surface area contributed by atoms with Crippen molar-refractivity contribution in [3.63, 3.8) is 0 Å². The summed E-state index contributed by atoms with van der Waals surface area (Å²) in [7, 11) is 0. The third-order valence-electron chi connectivity index (χ3n) is 2.20. The van der Waals surface area contributed by atoms with Crippen molar-refractivity contribution in [1.29, 1.82) is 0 Å². The third kappa shape index (κ3) is 3.25. The first-order chi connectivity index (χ1) is 7.24. The van der Waals surface area contributed by atoms with Gasteiger partial charge in [-0.1, -0.05) is 17.7 Å². The molecule has 1 fully saturated rings. The molecule has 1 saturated heterocycles. The van der Waals surface area contributed by atoms with Crippen molar-refractivity contribution in [1.82, 2.24) is 5.32 Å². The van der Waals surface area contributed by atoms with E-state index in [0.29, 0.717) is 6.54 Å². The molecule has 1 heterocycles. The first kappa shape index (κ1) is 9.98. The third-order valence-corrected chi connectivity index (χ3v) is 2.20. The molecule has 2 rings (SSSR count). The average molecular weight is 206 g/mol. The molecule has 1 atom stereocenters. The molecule has 4 nitrogen and oxygen atoms in total. The number of nitrogens with one attached hydrogen (secondary N) is 2. The van der Waals surface area contributed by atoms with Gasteiger partial charge in [-0.3, -0.25) is 0 Å². The van der Waals surface area contributed by atoms with E-state index >= 15 is 0 Å². The van der Waals surface area contributed by atoms with Crippen LogP contribution in [0.3, 0.4) is 0 Å². The van der Waals surface area contributed by atoms with Crippen LogP contribution in [-0.4, -0.2) is 25.3 Å². The number of ether oxygens (including phenoxy) is 1. The van der Waals surface area contributed by atoms with Gasteiger partial charge in [0, 0.05) is 12.2 Å². The monoisotopic (exact) mass is 206 g/mol. The molecule has 0 bridgehead atoms. The van der Waals surface area contributed by atoms with E-state index in [1.807, 2.05) is 31.2 Å². The van der Waals surface area contributed by atoms with E-state index < -0.39 is 0 Å². The zero-order valence-corrected chi connectivity index (χ0v) is 8.62. The van der Waals surface area contributed by atoms with Crippen molar-refractivity contribution in [2.45, 2.75) is 13.0 Å². The Balaban J connectivity index is 1.79. The topological polar surface area (TPSA) is 53.7 Å². The van der Waals surface area contributed by atoms with Gasteiger partial charge in [0.2, 0.25) is 0 Å². The summed E-state index contributed by atoms with van der Waals surface area (Å²) in [6.07, 6.45) is 0.216. The second-order valence-corrected chi connectivity index (χ2v) is 3.66. The fourth-order valence-electron chi connectivity index (χ4n) is 1.20. The number of epoxide rings is 1. The van der Waals surface area contributed by atoms with Gasteiger partial charge in [-0.15, -0.1) is 0 Å². The number of hydrogen-bond acceptors (Lipinski definition) is 2. The van der Waals surface area contributed by atoms with Crippen molar-refractivity contribution in [3.05, 3.63) is 29.8 Å². The quantitative estimate of drug-likeness (QED) is 0.736. The summed E-state index contributed by atoms with van der Waals surface area (Å²) >= 11 is 0. The Labute approximate surface area is 88.6 Å². The molecule has 1 aromatic carbocycles. The molecule has 2 N–H and O–H groups in total. The maximum absolute atomic E-state index is 11.4. The number of anilines is 1. The molecule has 2 amide bonds. The van der Waals surface area contributed by atoms with Gasteiger partial charge < -0.3 is 15.4 Å². The van der Waals surface area contributed by atoms with Gasteiger partial charge in [-0.2, -0.15) is 0 Å². The van der Waals surface area contributed by atoms with Gasteiger partial charge in [-0.25, -0.2) is 4.79 Å². The molecular weight excluding hydrogens is 192 g/mol. The van der Waals surface area contributed by atoms with E-state index in [1.54, 1.807) is 0 Å². The number of rotatable bonds is 3. The molecule has 80 valence electrons. The number of urea groups is 1. The summed E-state index contributed by atoms with van der Waals surface area (Å²) in [5.74, 6) is 0. The standard InChI is InChI=1S/C11H14N2O2/c1-8-2-4-9(5-3-8)13-11(14)12-6-10-7-15-10/h2-5,10H,6-7H2,1H3,(H2,12,13,14). The zero-order chi connectivity index (χ0) is 10.7. The molecule has 1 aliphatic heterocycles. The van der Waals surface area contributed by atoms with E-state index in [-0.39, 0.29) is 12.1 Å². The van der Waals surface area contributed by atoms with Crippen LogP contribution in [-0.2, 0) is 4.74 Å². The van der Waals surface area contributed by atoms with Crippen molar-refractivity contribution < 1.29 is 9.53 Å². The SMILES string of the molecule is Cc1ccc(NC(=O)NCC2CO2)cc1. The summed E-state index contributed by atoms with van der Waals surface area (Å²) in [4.78, 5) is 11.4. The zero-order valence-electron chi connectivity index (χ0n) is 8.62. The first-order valence-corrected chi connectivity index (χ1v) is 4.97. The molecule has 0 spiro atoms. The molecule has 0 aliphatic carbocycles. The smallest absolute Gasteiger partial charge is 0.319 e. The van der Waals surface area contributed by atoms with Crippen LogP contribution in [0.1, 0.15) is 5.56 Å². The van der Waals surface area contributed by atoms with Crippen LogP contribution in [0.25, 0.3) is 0 Å². The van der Waals surface area contributed by atoms with E-state index in [2.05, 4.69) is 10.6 Å². The van der Waals surface area contributed by atoms with Crippen molar-refractivity contribution >= 4 is 11.7 Å². The van der Waals surface area contributed by atoms with Crippen LogP contribution in [0.15, 0.2) is 24.3 Å². The number of carbonyl (C=O) groups is 1. The van der Waals surface area contributed by atoms with Gasteiger partial charge in [0.15, 0.2) is 0 Å². The molecular formula is C11H14N2O2. The number of carbonyl (C=O) groups excluding carboxylic acids is 1. The Morgan fingerprint density at radius 1 is 1.47 bits per heavy atom. The molecule has 4 heteroatoms. The highest BCUT2D eigenvalue weighted by Gasteiger charge is 2.22. The minimum atomic E-state index is -0.186. The van der Waals surface area contributed by atoms with Gasteiger partial charge in [-0.05, 0) is 19.1 Å². The number of aryl methyl sites for hydroxylation is 1. The van der Waals surface area contributed by atoms with Crippen LogP contribution in [0.5, 0.6) is 0 Å². The largest absolute Gasteiger partial charge is 0.371 e. The molecule has 1 aromatic rings. The number of amides is 2. The van der Waals surface area contributed by atoms with Gasteiger partial charge >= 0.3 is 6.03 Å². The molecule has 1 aliphatic rings. The highest BCUT2D eigenvalue weighted by molar-refractivity contribution is 5.89. The summed E-state index contributed by atoms with van der Waals surface area (Å²) in [5, 5.41) is 5.48. The highest BCUT2D eigenvalue weighted by Crippen LogP contribution is 2.09. The summed E-state index contributed by atoms with van der Waals surface area (Å²) in [6, 6.07) is 7.49. The van der Waals surface area contributed by atoms with Gasteiger partial charge in [0.1, 0.15) is 0 Å². The van der Waals surface area contributed by atoms with Crippen LogP contribution in [0.4, 0.5) is 10.5 Å². The molecule has 0 saturated carbocycles. The fourth-order valence-corrected chi connectivity index (χ4v) is 1.20. The van der Waals surface area contributed by atoms with Crippen LogP contribution < -0.4 is 10.6 Å². The summed E-state index contributed by atoms with van der Waals surface area (Å²) < 4.78 is 4.98. The number of benzene rings is 1. The normalized spacial score (nSPS) is 18.3. The summed E-state index contributed by atoms with van der Waals surface area (Å²) in [5.41, 5.74) is 1.97. The predicted molar refractivity (Wildman–Crippen MR) is 57.9 cm³/mol.